The summed E-state index contributed by atoms with van der Waals surface area (Å²) in [5.41, 5.74) is 5.70. The van der Waals surface area contributed by atoms with Gasteiger partial charge in [0.05, 0.1) is 19.1 Å². The summed E-state index contributed by atoms with van der Waals surface area (Å²) in [6, 6.07) is 13.6. The number of anilines is 2. The van der Waals surface area contributed by atoms with Crippen molar-refractivity contribution in [3.05, 3.63) is 76.1 Å². The molecular weight excluding hydrogens is 404 g/mol. The van der Waals surface area contributed by atoms with Gasteiger partial charge in [-0.15, -0.1) is 0 Å². The van der Waals surface area contributed by atoms with Crippen molar-refractivity contribution in [1.82, 2.24) is 15.4 Å². The van der Waals surface area contributed by atoms with Crippen molar-refractivity contribution in [3.8, 4) is 11.5 Å². The van der Waals surface area contributed by atoms with Gasteiger partial charge in [0.1, 0.15) is 17.8 Å². The molecular formula is C20H20N6O5. The fourth-order valence-electron chi connectivity index (χ4n) is 2.63. The lowest BCUT2D eigenvalue weighted by Crippen LogP contribution is -2.30. The van der Waals surface area contributed by atoms with Gasteiger partial charge in [0.15, 0.2) is 0 Å². The van der Waals surface area contributed by atoms with Gasteiger partial charge in [0.2, 0.25) is 11.6 Å². The number of nitro groups is 1. The van der Waals surface area contributed by atoms with Crippen LogP contribution in [0.2, 0.25) is 0 Å². The highest BCUT2D eigenvalue weighted by molar-refractivity contribution is 5.95. The van der Waals surface area contributed by atoms with Gasteiger partial charge in [-0.1, -0.05) is 12.1 Å². The molecule has 0 aliphatic heterocycles. The Bertz CT molecular complexity index is 1060. The van der Waals surface area contributed by atoms with E-state index in [9.17, 15) is 14.9 Å². The minimum absolute atomic E-state index is 0.0111. The number of nitrogens with one attached hydrogen (secondary N) is 3. The molecule has 0 aliphatic rings. The fraction of sp³-hybridized carbons (Fsp3) is 0.150. The van der Waals surface area contributed by atoms with E-state index in [1.165, 1.54) is 7.11 Å². The number of carbonyl (C=O) groups is 1. The van der Waals surface area contributed by atoms with E-state index in [0.29, 0.717) is 23.6 Å². The zero-order valence-corrected chi connectivity index (χ0v) is 16.8. The number of benzene rings is 2. The van der Waals surface area contributed by atoms with Crippen LogP contribution in [0.5, 0.6) is 11.5 Å². The summed E-state index contributed by atoms with van der Waals surface area (Å²) in [5.74, 6) is 0.666. The maximum Gasteiger partial charge on any atom is 0.354 e. The molecule has 0 atom stereocenters. The predicted octanol–water partition coefficient (Wildman–Crippen LogP) is 2.77. The van der Waals surface area contributed by atoms with Crippen molar-refractivity contribution in [2.45, 2.75) is 6.54 Å². The van der Waals surface area contributed by atoms with Crippen LogP contribution in [-0.4, -0.2) is 35.0 Å². The number of hydrazine groups is 1. The van der Waals surface area contributed by atoms with Crippen molar-refractivity contribution in [2.75, 3.05) is 25.0 Å². The molecule has 1 aromatic heterocycles. The Labute approximate surface area is 177 Å². The summed E-state index contributed by atoms with van der Waals surface area (Å²) < 4.78 is 10.2. The Kier molecular flexibility index (Phi) is 6.78. The van der Waals surface area contributed by atoms with Crippen molar-refractivity contribution in [2.24, 2.45) is 0 Å². The second-order valence-corrected chi connectivity index (χ2v) is 6.19. The monoisotopic (exact) mass is 424 g/mol. The first kappa shape index (κ1) is 21.3. The number of rotatable bonds is 9. The maximum absolute atomic E-state index is 12.3. The average molecular weight is 424 g/mol. The number of nitrogens with zero attached hydrogens (tertiary/aromatic N) is 3. The number of hydrogen-bond donors (Lipinski definition) is 3. The number of methoxy groups -OCH3 is 2. The molecule has 3 N–H and O–H groups in total. The molecule has 160 valence electrons. The van der Waals surface area contributed by atoms with E-state index in [2.05, 4.69) is 26.1 Å². The van der Waals surface area contributed by atoms with E-state index in [1.807, 2.05) is 12.1 Å². The second-order valence-electron chi connectivity index (χ2n) is 6.19. The minimum atomic E-state index is -0.627. The summed E-state index contributed by atoms with van der Waals surface area (Å²) in [7, 11) is 3.09. The lowest BCUT2D eigenvalue weighted by atomic mass is 10.2. The number of carbonyl (C=O) groups excluding carboxylic acids is 1. The van der Waals surface area contributed by atoms with Crippen molar-refractivity contribution in [3.63, 3.8) is 0 Å². The number of hydrogen-bond acceptors (Lipinski definition) is 9. The zero-order valence-electron chi connectivity index (χ0n) is 16.8. The number of ether oxygens (including phenoxy) is 2. The maximum atomic E-state index is 12.3. The molecule has 11 heteroatoms. The first-order valence-electron chi connectivity index (χ1n) is 9.08. The molecule has 0 spiro atoms. The molecule has 3 rings (SSSR count). The highest BCUT2D eigenvalue weighted by atomic mass is 16.6. The normalized spacial score (nSPS) is 10.1. The predicted molar refractivity (Wildman–Crippen MR) is 113 cm³/mol. The molecule has 0 saturated heterocycles. The Morgan fingerprint density at radius 3 is 2.13 bits per heavy atom. The van der Waals surface area contributed by atoms with Gasteiger partial charge >= 0.3 is 5.69 Å². The molecule has 0 radical (unpaired) electrons. The van der Waals surface area contributed by atoms with Crippen LogP contribution < -0.4 is 25.6 Å². The standard InChI is InChI=1S/C20H20N6O5/c1-30-15-7-3-13(4-8-15)11-21-18-17(26(28)29)19(23-12-22-18)24-25-20(27)14-5-9-16(31-2)10-6-14/h3-10,12H,11H2,1-2H3,(H,25,27)(H2,21,22,23,24). The highest BCUT2D eigenvalue weighted by Gasteiger charge is 2.23. The topological polar surface area (TPSA) is 141 Å². The fourth-order valence-corrected chi connectivity index (χ4v) is 2.63. The zero-order chi connectivity index (χ0) is 22.2. The van der Waals surface area contributed by atoms with Crippen molar-refractivity contribution >= 4 is 23.2 Å². The van der Waals surface area contributed by atoms with Crippen LogP contribution in [0.25, 0.3) is 0 Å². The summed E-state index contributed by atoms with van der Waals surface area (Å²) in [4.78, 5) is 31.1. The lowest BCUT2D eigenvalue weighted by molar-refractivity contribution is -0.383. The molecule has 3 aromatic rings. The van der Waals surface area contributed by atoms with Crippen LogP contribution in [0.15, 0.2) is 54.9 Å². The summed E-state index contributed by atoms with van der Waals surface area (Å²) >= 11 is 0. The third-order valence-corrected chi connectivity index (χ3v) is 4.27. The van der Waals surface area contributed by atoms with Crippen LogP contribution in [0.3, 0.4) is 0 Å². The van der Waals surface area contributed by atoms with Crippen LogP contribution in [0, 0.1) is 10.1 Å². The molecule has 0 bridgehead atoms. The Balaban J connectivity index is 1.71. The lowest BCUT2D eigenvalue weighted by Gasteiger charge is -2.11. The van der Waals surface area contributed by atoms with Gasteiger partial charge in [-0.25, -0.2) is 9.97 Å². The van der Waals surface area contributed by atoms with Crippen molar-refractivity contribution < 1.29 is 19.2 Å². The minimum Gasteiger partial charge on any atom is -0.497 e. The highest BCUT2D eigenvalue weighted by Crippen LogP contribution is 2.28. The SMILES string of the molecule is COc1ccc(CNc2ncnc(NNC(=O)c3ccc(OC)cc3)c2[N+](=O)[O-])cc1. The van der Waals surface area contributed by atoms with Crippen LogP contribution in [0.4, 0.5) is 17.3 Å². The Morgan fingerprint density at radius 1 is 0.968 bits per heavy atom. The largest absolute Gasteiger partial charge is 0.497 e. The van der Waals surface area contributed by atoms with E-state index in [1.54, 1.807) is 43.5 Å². The Hall–Kier alpha value is -4.41. The van der Waals surface area contributed by atoms with E-state index < -0.39 is 16.5 Å². The molecule has 11 nitrogen and oxygen atoms in total. The molecule has 0 saturated carbocycles. The van der Waals surface area contributed by atoms with Gasteiger partial charge in [-0.3, -0.25) is 25.8 Å². The first-order chi connectivity index (χ1) is 15.0. The third kappa shape index (κ3) is 5.35. The van der Waals surface area contributed by atoms with Crippen LogP contribution >= 0.6 is 0 Å². The van der Waals surface area contributed by atoms with E-state index >= 15 is 0 Å². The summed E-state index contributed by atoms with van der Waals surface area (Å²) in [5, 5.41) is 14.5. The Morgan fingerprint density at radius 2 is 1.55 bits per heavy atom. The van der Waals surface area contributed by atoms with Gasteiger partial charge < -0.3 is 14.8 Å². The molecule has 1 amide bonds. The number of amides is 1. The number of aromatic nitrogens is 2. The van der Waals surface area contributed by atoms with E-state index in [-0.39, 0.29) is 11.6 Å². The molecule has 0 fully saturated rings. The van der Waals surface area contributed by atoms with Gasteiger partial charge in [0.25, 0.3) is 5.91 Å². The van der Waals surface area contributed by atoms with Gasteiger partial charge in [0, 0.05) is 12.1 Å². The first-order valence-corrected chi connectivity index (χ1v) is 9.08. The molecule has 1 heterocycles. The molecule has 0 unspecified atom stereocenters. The summed E-state index contributed by atoms with van der Waals surface area (Å²) in [6.07, 6.45) is 1.16. The van der Waals surface area contributed by atoms with E-state index in [4.69, 9.17) is 9.47 Å². The van der Waals surface area contributed by atoms with Crippen LogP contribution in [0.1, 0.15) is 15.9 Å². The van der Waals surface area contributed by atoms with Crippen LogP contribution in [-0.2, 0) is 6.54 Å². The van der Waals surface area contributed by atoms with Gasteiger partial charge in [-0.2, -0.15) is 0 Å². The van der Waals surface area contributed by atoms with Crippen molar-refractivity contribution in [1.29, 1.82) is 0 Å². The van der Waals surface area contributed by atoms with E-state index in [0.717, 1.165) is 11.9 Å². The quantitative estimate of drug-likeness (QED) is 0.349. The third-order valence-electron chi connectivity index (χ3n) is 4.27. The molecule has 0 aliphatic carbocycles. The average Bonchev–Trinajstić information content (AvgIpc) is 2.81. The van der Waals surface area contributed by atoms with Gasteiger partial charge in [-0.05, 0) is 42.0 Å². The smallest absolute Gasteiger partial charge is 0.354 e. The molecule has 2 aromatic carbocycles. The molecule has 31 heavy (non-hydrogen) atoms. The second kappa shape index (κ2) is 9.87. The summed E-state index contributed by atoms with van der Waals surface area (Å²) in [6.45, 7) is 0.291.